The lowest BCUT2D eigenvalue weighted by molar-refractivity contribution is -0.166. The zero-order chi connectivity index (χ0) is 18.5. The average molecular weight is 344 g/mol. The molecule has 0 aliphatic heterocycles. The number of ether oxygens (including phenoxy) is 1. The first-order chi connectivity index (χ1) is 11.0. The van der Waals surface area contributed by atoms with Crippen molar-refractivity contribution in [2.45, 2.75) is 97.0 Å². The third-order valence-electron chi connectivity index (χ3n) is 4.75. The minimum atomic E-state index is -1.12. The summed E-state index contributed by atoms with van der Waals surface area (Å²) in [5.74, 6) is -0.556. The Hall–Kier alpha value is -0.650. The fourth-order valence-electron chi connectivity index (χ4n) is 3.62. The minimum absolute atomic E-state index is 0.115. The maximum Gasteiger partial charge on any atom is 0.311 e. The summed E-state index contributed by atoms with van der Waals surface area (Å²) in [5.41, 5.74) is 5.69. The zero-order valence-electron chi connectivity index (χ0n) is 16.0. The smallest absolute Gasteiger partial charge is 0.311 e. The van der Waals surface area contributed by atoms with Crippen molar-refractivity contribution in [1.29, 1.82) is 0 Å². The van der Waals surface area contributed by atoms with Crippen LogP contribution in [-0.4, -0.2) is 40.0 Å². The molecular weight excluding hydrogens is 306 g/mol. The summed E-state index contributed by atoms with van der Waals surface area (Å²) >= 11 is 0. The molecule has 5 heteroatoms. The Bertz CT molecular complexity index is 385. The van der Waals surface area contributed by atoms with Crippen molar-refractivity contribution in [3.63, 3.8) is 0 Å². The lowest BCUT2D eigenvalue weighted by Gasteiger charge is -2.37. The van der Waals surface area contributed by atoms with Crippen molar-refractivity contribution in [2.24, 2.45) is 23.5 Å². The predicted octanol–water partition coefficient (Wildman–Crippen LogP) is 2.62. The van der Waals surface area contributed by atoms with Crippen LogP contribution in [0, 0.1) is 17.8 Å². The molecule has 4 unspecified atom stereocenters. The molecule has 4 N–H and O–H groups in total. The van der Waals surface area contributed by atoms with Gasteiger partial charge in [0.2, 0.25) is 0 Å². The van der Waals surface area contributed by atoms with Crippen molar-refractivity contribution >= 4 is 5.97 Å². The van der Waals surface area contributed by atoms with Crippen molar-refractivity contribution in [3.8, 4) is 0 Å². The van der Waals surface area contributed by atoms with Gasteiger partial charge in [0.25, 0.3) is 0 Å². The zero-order valence-corrected chi connectivity index (χ0v) is 16.0. The van der Waals surface area contributed by atoms with Gasteiger partial charge in [0.15, 0.2) is 0 Å². The molecule has 0 heterocycles. The lowest BCUT2D eigenvalue weighted by atomic mass is 9.74. The number of aliphatic hydroxyl groups excluding tert-OH is 2. The fraction of sp³-hybridized carbons (Fsp3) is 0.947. The molecule has 24 heavy (non-hydrogen) atoms. The van der Waals surface area contributed by atoms with E-state index in [0.29, 0.717) is 6.42 Å². The van der Waals surface area contributed by atoms with Crippen LogP contribution in [0.15, 0.2) is 0 Å². The van der Waals surface area contributed by atoms with E-state index in [0.717, 1.165) is 25.7 Å². The van der Waals surface area contributed by atoms with E-state index in [1.165, 1.54) is 6.42 Å². The lowest BCUT2D eigenvalue weighted by Crippen LogP contribution is -2.53. The van der Waals surface area contributed by atoms with Gasteiger partial charge in [0, 0.05) is 6.04 Å². The summed E-state index contributed by atoms with van der Waals surface area (Å²) in [7, 11) is 0. The second-order valence-electron chi connectivity index (χ2n) is 8.72. The highest BCUT2D eigenvalue weighted by molar-refractivity contribution is 5.74. The van der Waals surface area contributed by atoms with Gasteiger partial charge in [0.05, 0.1) is 18.1 Å². The normalized spacial score (nSPS) is 22.0. The van der Waals surface area contributed by atoms with Gasteiger partial charge in [-0.1, -0.05) is 33.1 Å². The van der Waals surface area contributed by atoms with Crippen molar-refractivity contribution in [2.75, 3.05) is 0 Å². The number of carbonyl (C=O) groups is 1. The summed E-state index contributed by atoms with van der Waals surface area (Å²) < 4.78 is 5.57. The molecule has 1 aliphatic rings. The number of esters is 1. The largest absolute Gasteiger partial charge is 0.460 e. The summed E-state index contributed by atoms with van der Waals surface area (Å²) in [5, 5.41) is 20.7. The third-order valence-corrected chi connectivity index (χ3v) is 4.75. The van der Waals surface area contributed by atoms with Gasteiger partial charge in [0.1, 0.15) is 5.60 Å². The van der Waals surface area contributed by atoms with E-state index >= 15 is 0 Å². The predicted molar refractivity (Wildman–Crippen MR) is 95.4 cm³/mol. The highest BCUT2D eigenvalue weighted by Gasteiger charge is 2.41. The maximum atomic E-state index is 12.8. The van der Waals surface area contributed by atoms with Gasteiger partial charge in [-0.05, 0) is 51.9 Å². The number of hydrogen-bond acceptors (Lipinski definition) is 5. The Kier molecular flexibility index (Phi) is 8.16. The highest BCUT2D eigenvalue weighted by atomic mass is 16.6. The van der Waals surface area contributed by atoms with Gasteiger partial charge in [-0.2, -0.15) is 0 Å². The van der Waals surface area contributed by atoms with Crippen LogP contribution >= 0.6 is 0 Å². The van der Waals surface area contributed by atoms with Crippen molar-refractivity contribution in [3.05, 3.63) is 0 Å². The SMILES string of the molecule is CC(C)CC(O)C(O)C(N)C(C(=O)OC(C)(C)C)C1CCCCC1. The van der Waals surface area contributed by atoms with Crippen molar-refractivity contribution < 1.29 is 19.7 Å². The second-order valence-corrected chi connectivity index (χ2v) is 8.72. The second kappa shape index (κ2) is 9.16. The van der Waals surface area contributed by atoms with Crippen LogP contribution in [-0.2, 0) is 9.53 Å². The number of nitrogens with two attached hydrogens (primary N) is 1. The number of rotatable bonds is 7. The topological polar surface area (TPSA) is 92.8 Å². The van der Waals surface area contributed by atoms with Crippen LogP contribution < -0.4 is 5.73 Å². The molecule has 142 valence electrons. The van der Waals surface area contributed by atoms with E-state index in [4.69, 9.17) is 10.5 Å². The fourth-order valence-corrected chi connectivity index (χ4v) is 3.62. The molecule has 0 bridgehead atoms. The van der Waals surface area contributed by atoms with Crippen molar-refractivity contribution in [1.82, 2.24) is 0 Å². The summed E-state index contributed by atoms with van der Waals surface area (Å²) in [6.07, 6.45) is 3.57. The molecule has 0 aromatic heterocycles. The Morgan fingerprint density at radius 1 is 1.17 bits per heavy atom. The van der Waals surface area contributed by atoms with E-state index < -0.39 is 29.8 Å². The van der Waals surface area contributed by atoms with Crippen LogP contribution in [0.5, 0.6) is 0 Å². The molecule has 0 amide bonds. The molecule has 4 atom stereocenters. The van der Waals surface area contributed by atoms with E-state index in [1.807, 2.05) is 34.6 Å². The summed E-state index contributed by atoms with van der Waals surface area (Å²) in [6.45, 7) is 9.46. The first-order valence-corrected chi connectivity index (χ1v) is 9.37. The third kappa shape index (κ3) is 6.69. The Labute approximate surface area is 147 Å². The van der Waals surface area contributed by atoms with Gasteiger partial charge >= 0.3 is 5.97 Å². The quantitative estimate of drug-likeness (QED) is 0.618. The molecule has 0 aromatic carbocycles. The summed E-state index contributed by atoms with van der Waals surface area (Å²) in [6, 6.07) is -0.809. The van der Waals surface area contributed by atoms with Crippen LogP contribution in [0.25, 0.3) is 0 Å². The highest BCUT2D eigenvalue weighted by Crippen LogP contribution is 2.34. The molecule has 1 aliphatic carbocycles. The molecular formula is C19H37NO4. The molecule has 1 saturated carbocycles. The molecule has 1 fully saturated rings. The molecule has 0 radical (unpaired) electrons. The maximum absolute atomic E-state index is 12.8. The molecule has 5 nitrogen and oxygen atoms in total. The molecule has 0 spiro atoms. The van der Waals surface area contributed by atoms with Gasteiger partial charge in [-0.15, -0.1) is 0 Å². The van der Waals surface area contributed by atoms with Gasteiger partial charge < -0.3 is 20.7 Å². The first kappa shape index (κ1) is 21.4. The number of aliphatic hydroxyl groups is 2. The van der Waals surface area contributed by atoms with Crippen LogP contribution in [0.1, 0.15) is 73.1 Å². The molecule has 1 rings (SSSR count). The Balaban J connectivity index is 2.91. The van der Waals surface area contributed by atoms with E-state index in [1.54, 1.807) is 0 Å². The standard InChI is InChI=1S/C19H37NO4/c1-12(2)11-14(21)17(22)16(20)15(13-9-7-6-8-10-13)18(23)24-19(3,4)5/h12-17,21-22H,6-11,20H2,1-5H3. The van der Waals surface area contributed by atoms with E-state index in [2.05, 4.69) is 0 Å². The summed E-state index contributed by atoms with van der Waals surface area (Å²) in [4.78, 5) is 12.8. The minimum Gasteiger partial charge on any atom is -0.460 e. The van der Waals surface area contributed by atoms with Gasteiger partial charge in [-0.3, -0.25) is 4.79 Å². The molecule has 0 saturated heterocycles. The van der Waals surface area contributed by atoms with Crippen LogP contribution in [0.4, 0.5) is 0 Å². The number of carbonyl (C=O) groups excluding carboxylic acids is 1. The number of hydrogen-bond donors (Lipinski definition) is 3. The molecule has 0 aromatic rings. The average Bonchev–Trinajstić information content (AvgIpc) is 2.45. The van der Waals surface area contributed by atoms with Gasteiger partial charge in [-0.25, -0.2) is 0 Å². The van der Waals surface area contributed by atoms with Crippen LogP contribution in [0.3, 0.4) is 0 Å². The van der Waals surface area contributed by atoms with E-state index in [-0.39, 0.29) is 17.8 Å². The monoisotopic (exact) mass is 343 g/mol. The Morgan fingerprint density at radius 2 is 1.71 bits per heavy atom. The van der Waals surface area contributed by atoms with E-state index in [9.17, 15) is 15.0 Å². The van der Waals surface area contributed by atoms with Crippen LogP contribution in [0.2, 0.25) is 0 Å². The Morgan fingerprint density at radius 3 is 2.17 bits per heavy atom. The first-order valence-electron chi connectivity index (χ1n) is 9.37.